The second-order valence-corrected chi connectivity index (χ2v) is 6.44. The van der Waals surface area contributed by atoms with Gasteiger partial charge in [-0.3, -0.25) is 0 Å². The molecule has 8 heteroatoms. The van der Waals surface area contributed by atoms with Gasteiger partial charge in [-0.15, -0.1) is 5.10 Å². The van der Waals surface area contributed by atoms with E-state index in [1.807, 2.05) is 30.3 Å². The number of fused-ring (bicyclic) bond motifs is 1. The van der Waals surface area contributed by atoms with Crippen LogP contribution in [-0.2, 0) is 5.75 Å². The summed E-state index contributed by atoms with van der Waals surface area (Å²) >= 11 is 1.47. The van der Waals surface area contributed by atoms with E-state index in [1.165, 1.54) is 30.2 Å². The number of ether oxygens (including phenoxy) is 1. The normalized spacial score (nSPS) is 11.0. The smallest absolute Gasteiger partial charge is 0.187 e. The van der Waals surface area contributed by atoms with E-state index in [0.29, 0.717) is 21.9 Å². The van der Waals surface area contributed by atoms with E-state index < -0.39 is 0 Å². The first kappa shape index (κ1) is 16.5. The maximum atomic E-state index is 13.3. The van der Waals surface area contributed by atoms with Crippen molar-refractivity contribution in [3.63, 3.8) is 0 Å². The molecule has 0 aliphatic carbocycles. The van der Waals surface area contributed by atoms with Gasteiger partial charge in [0, 0.05) is 11.8 Å². The Morgan fingerprint density at radius 1 is 1.12 bits per heavy atom. The zero-order valence-electron chi connectivity index (χ0n) is 13.8. The van der Waals surface area contributed by atoms with E-state index in [9.17, 15) is 4.39 Å². The number of methoxy groups -OCH3 is 1. The number of rotatable bonds is 5. The Morgan fingerprint density at radius 3 is 2.85 bits per heavy atom. The molecule has 0 aliphatic heterocycles. The number of nitrogens with zero attached hydrogens (tertiary/aromatic N) is 5. The van der Waals surface area contributed by atoms with Gasteiger partial charge in [0.15, 0.2) is 11.2 Å². The predicted molar refractivity (Wildman–Crippen MR) is 97.0 cm³/mol. The third-order valence-electron chi connectivity index (χ3n) is 3.77. The van der Waals surface area contributed by atoms with Crippen LogP contribution in [0.1, 0.15) is 5.56 Å². The van der Waals surface area contributed by atoms with Crippen molar-refractivity contribution in [2.75, 3.05) is 7.11 Å². The molecule has 2 aromatic carbocycles. The summed E-state index contributed by atoms with van der Waals surface area (Å²) < 4.78 is 20.2. The zero-order chi connectivity index (χ0) is 17.9. The van der Waals surface area contributed by atoms with Crippen molar-refractivity contribution in [2.24, 2.45) is 0 Å². The van der Waals surface area contributed by atoms with Crippen molar-refractivity contribution in [1.29, 1.82) is 0 Å². The van der Waals surface area contributed by atoms with E-state index in [4.69, 9.17) is 4.74 Å². The molecule has 4 aromatic rings. The fourth-order valence-corrected chi connectivity index (χ4v) is 3.40. The molecule has 26 heavy (non-hydrogen) atoms. The van der Waals surface area contributed by atoms with Gasteiger partial charge in [-0.2, -0.15) is 4.68 Å². The molecule has 6 nitrogen and oxygen atoms in total. The Morgan fingerprint density at radius 2 is 2.00 bits per heavy atom. The lowest BCUT2D eigenvalue weighted by atomic mass is 10.2. The van der Waals surface area contributed by atoms with Gasteiger partial charge in [0.05, 0.1) is 12.8 Å². The first-order valence-corrected chi connectivity index (χ1v) is 8.81. The van der Waals surface area contributed by atoms with Crippen LogP contribution in [0.25, 0.3) is 16.9 Å². The molecule has 0 saturated carbocycles. The number of benzene rings is 2. The Hall–Kier alpha value is -3.00. The quantitative estimate of drug-likeness (QED) is 0.396. The first-order valence-electron chi connectivity index (χ1n) is 7.82. The minimum absolute atomic E-state index is 0.250. The fraction of sp³-hybridized carbons (Fsp3) is 0.111. The standard InChI is InChI=1S/C18H14FN5OS/c1-25-15-7-3-6-14(9-15)24-17-16(22-23-24)18(21-11-20-17)26-10-12-4-2-5-13(19)8-12/h2-9,11H,10H2,1H3. The van der Waals surface area contributed by atoms with Crippen molar-refractivity contribution in [3.8, 4) is 11.4 Å². The summed E-state index contributed by atoms with van der Waals surface area (Å²) in [4.78, 5) is 8.62. The van der Waals surface area contributed by atoms with Crippen molar-refractivity contribution >= 4 is 22.9 Å². The van der Waals surface area contributed by atoms with Crippen molar-refractivity contribution in [3.05, 3.63) is 66.2 Å². The Labute approximate surface area is 153 Å². The van der Waals surface area contributed by atoms with E-state index in [0.717, 1.165) is 17.0 Å². The molecule has 0 spiro atoms. The van der Waals surface area contributed by atoms with Gasteiger partial charge in [-0.1, -0.05) is 35.2 Å². The molecular weight excluding hydrogens is 353 g/mol. The van der Waals surface area contributed by atoms with Crippen molar-refractivity contribution in [1.82, 2.24) is 25.0 Å². The largest absolute Gasteiger partial charge is 0.497 e. The van der Waals surface area contributed by atoms with E-state index in [1.54, 1.807) is 17.9 Å². The maximum absolute atomic E-state index is 13.3. The number of thioether (sulfide) groups is 1. The molecule has 0 N–H and O–H groups in total. The van der Waals surface area contributed by atoms with Crippen LogP contribution in [0, 0.1) is 5.82 Å². The minimum Gasteiger partial charge on any atom is -0.497 e. The predicted octanol–water partition coefficient (Wildman–Crippen LogP) is 3.65. The van der Waals surface area contributed by atoms with E-state index >= 15 is 0 Å². The zero-order valence-corrected chi connectivity index (χ0v) is 14.7. The van der Waals surface area contributed by atoms with Crippen molar-refractivity contribution < 1.29 is 9.13 Å². The molecule has 2 heterocycles. The van der Waals surface area contributed by atoms with Crippen LogP contribution in [-0.4, -0.2) is 32.1 Å². The monoisotopic (exact) mass is 367 g/mol. The summed E-state index contributed by atoms with van der Waals surface area (Å²) in [5, 5.41) is 9.14. The summed E-state index contributed by atoms with van der Waals surface area (Å²) in [6, 6.07) is 14.0. The van der Waals surface area contributed by atoms with Crippen LogP contribution in [0.3, 0.4) is 0 Å². The summed E-state index contributed by atoms with van der Waals surface area (Å²) in [5.74, 6) is 1.05. The van der Waals surface area contributed by atoms with E-state index in [2.05, 4.69) is 20.3 Å². The van der Waals surface area contributed by atoms with Gasteiger partial charge in [-0.05, 0) is 29.8 Å². The van der Waals surface area contributed by atoms with Crippen LogP contribution in [0.4, 0.5) is 4.39 Å². The Kier molecular flexibility index (Phi) is 4.49. The number of halogens is 1. The summed E-state index contributed by atoms with van der Waals surface area (Å²) in [6.45, 7) is 0. The van der Waals surface area contributed by atoms with Gasteiger partial charge in [0.2, 0.25) is 0 Å². The van der Waals surface area contributed by atoms with Crippen LogP contribution >= 0.6 is 11.8 Å². The molecule has 0 bridgehead atoms. The Bertz CT molecular complexity index is 1070. The molecule has 0 aliphatic rings. The molecule has 0 radical (unpaired) electrons. The highest BCUT2D eigenvalue weighted by molar-refractivity contribution is 7.98. The minimum atomic E-state index is -0.250. The second-order valence-electron chi connectivity index (χ2n) is 5.47. The highest BCUT2D eigenvalue weighted by Gasteiger charge is 2.14. The van der Waals surface area contributed by atoms with Gasteiger partial charge in [0.1, 0.15) is 22.9 Å². The first-order chi connectivity index (χ1) is 12.7. The molecule has 0 amide bonds. The topological polar surface area (TPSA) is 65.7 Å². The molecular formula is C18H14FN5OS. The van der Waals surface area contributed by atoms with Crippen LogP contribution < -0.4 is 4.74 Å². The van der Waals surface area contributed by atoms with E-state index in [-0.39, 0.29) is 5.82 Å². The second kappa shape index (κ2) is 7.09. The molecule has 4 rings (SSSR count). The lowest BCUT2D eigenvalue weighted by molar-refractivity contribution is 0.414. The molecule has 0 fully saturated rings. The fourth-order valence-electron chi connectivity index (χ4n) is 2.53. The third-order valence-corrected chi connectivity index (χ3v) is 4.82. The number of hydrogen-bond donors (Lipinski definition) is 0. The number of hydrogen-bond acceptors (Lipinski definition) is 6. The summed E-state index contributed by atoms with van der Waals surface area (Å²) in [6.07, 6.45) is 1.48. The molecule has 0 saturated heterocycles. The highest BCUT2D eigenvalue weighted by atomic mass is 32.2. The summed E-state index contributed by atoms with van der Waals surface area (Å²) in [5.41, 5.74) is 2.89. The molecule has 130 valence electrons. The van der Waals surface area contributed by atoms with Gasteiger partial charge >= 0.3 is 0 Å². The third kappa shape index (κ3) is 3.23. The van der Waals surface area contributed by atoms with Gasteiger partial charge in [0.25, 0.3) is 0 Å². The van der Waals surface area contributed by atoms with Crippen molar-refractivity contribution in [2.45, 2.75) is 10.8 Å². The van der Waals surface area contributed by atoms with Crippen LogP contribution in [0.2, 0.25) is 0 Å². The molecule has 0 unspecified atom stereocenters. The molecule has 2 aromatic heterocycles. The molecule has 0 atom stereocenters. The SMILES string of the molecule is COc1cccc(-n2nnc3c(SCc4cccc(F)c4)ncnc32)c1. The lowest BCUT2D eigenvalue weighted by Crippen LogP contribution is -1.98. The average Bonchev–Trinajstić information content (AvgIpc) is 3.11. The maximum Gasteiger partial charge on any atom is 0.187 e. The van der Waals surface area contributed by atoms with Crippen LogP contribution in [0.15, 0.2) is 59.9 Å². The van der Waals surface area contributed by atoms with Gasteiger partial charge in [-0.25, -0.2) is 14.4 Å². The average molecular weight is 367 g/mol. The highest BCUT2D eigenvalue weighted by Crippen LogP contribution is 2.27. The van der Waals surface area contributed by atoms with Crippen LogP contribution in [0.5, 0.6) is 5.75 Å². The number of aromatic nitrogens is 5. The Balaban J connectivity index is 1.66. The van der Waals surface area contributed by atoms with Gasteiger partial charge < -0.3 is 4.74 Å². The lowest BCUT2D eigenvalue weighted by Gasteiger charge is -2.05. The summed E-state index contributed by atoms with van der Waals surface area (Å²) in [7, 11) is 1.61.